The van der Waals surface area contributed by atoms with Crippen LogP contribution in [-0.4, -0.2) is 10.9 Å². The monoisotopic (exact) mass is 294 g/mol. The Labute approximate surface area is 124 Å². The molecule has 4 nitrogen and oxygen atoms in total. The van der Waals surface area contributed by atoms with Crippen molar-refractivity contribution in [3.63, 3.8) is 0 Å². The quantitative estimate of drug-likeness (QED) is 0.600. The first-order valence-corrected chi connectivity index (χ1v) is 7.31. The molecule has 4 rings (SSSR count). The average Bonchev–Trinajstić information content (AvgIpc) is 3.13. The number of hydrogen-bond donors (Lipinski definition) is 1. The van der Waals surface area contributed by atoms with Crippen LogP contribution in [0.4, 0.5) is 5.69 Å². The zero-order valence-corrected chi connectivity index (χ0v) is 11.7. The molecule has 5 heteroatoms. The predicted octanol–water partition coefficient (Wildman–Crippen LogP) is 4.29. The number of furan rings is 1. The first-order chi connectivity index (χ1) is 10.3. The van der Waals surface area contributed by atoms with Gasteiger partial charge in [-0.25, -0.2) is 4.98 Å². The number of carbonyl (C=O) groups is 1. The van der Waals surface area contributed by atoms with E-state index in [1.165, 1.54) is 0 Å². The van der Waals surface area contributed by atoms with Gasteiger partial charge in [0, 0.05) is 11.1 Å². The first kappa shape index (κ1) is 12.1. The van der Waals surface area contributed by atoms with E-state index in [2.05, 4.69) is 10.3 Å². The number of fused-ring (bicyclic) bond motifs is 2. The molecule has 0 unspecified atom stereocenters. The van der Waals surface area contributed by atoms with E-state index in [0.29, 0.717) is 17.0 Å². The van der Waals surface area contributed by atoms with E-state index >= 15 is 0 Å². The van der Waals surface area contributed by atoms with Crippen LogP contribution in [0, 0.1) is 0 Å². The van der Waals surface area contributed by atoms with E-state index in [-0.39, 0.29) is 5.91 Å². The van der Waals surface area contributed by atoms with Crippen LogP contribution in [0.15, 0.2) is 58.5 Å². The molecule has 0 atom stereocenters. The van der Waals surface area contributed by atoms with E-state index in [4.69, 9.17) is 4.42 Å². The second-order valence-corrected chi connectivity index (χ2v) is 5.52. The van der Waals surface area contributed by atoms with Crippen molar-refractivity contribution in [1.82, 2.24) is 4.98 Å². The number of anilines is 1. The normalized spacial score (nSPS) is 11.0. The molecule has 2 heterocycles. The van der Waals surface area contributed by atoms with Crippen molar-refractivity contribution in [2.75, 3.05) is 5.32 Å². The lowest BCUT2D eigenvalue weighted by atomic mass is 10.2. The molecule has 0 aliphatic carbocycles. The summed E-state index contributed by atoms with van der Waals surface area (Å²) in [5.41, 5.74) is 4.08. The molecule has 21 heavy (non-hydrogen) atoms. The lowest BCUT2D eigenvalue weighted by Gasteiger charge is -2.02. The van der Waals surface area contributed by atoms with Crippen molar-refractivity contribution in [1.29, 1.82) is 0 Å². The number of para-hydroxylation sites is 1. The number of thiazole rings is 1. The number of hydrogen-bond acceptors (Lipinski definition) is 4. The number of benzene rings is 2. The summed E-state index contributed by atoms with van der Waals surface area (Å²) < 4.78 is 6.64. The Hall–Kier alpha value is -2.66. The summed E-state index contributed by atoms with van der Waals surface area (Å²) >= 11 is 1.57. The number of carbonyl (C=O) groups excluding carboxylic acids is 1. The highest BCUT2D eigenvalue weighted by Gasteiger charge is 2.12. The SMILES string of the molecule is O=C(Nc1ccc2scnc2c1)c1cc2ccccc2o1. The predicted molar refractivity (Wildman–Crippen MR) is 83.8 cm³/mol. The van der Waals surface area contributed by atoms with Gasteiger partial charge in [0.05, 0.1) is 15.7 Å². The molecule has 1 amide bonds. The van der Waals surface area contributed by atoms with Crippen molar-refractivity contribution in [2.45, 2.75) is 0 Å². The maximum atomic E-state index is 12.2. The molecule has 0 fully saturated rings. The largest absolute Gasteiger partial charge is 0.451 e. The van der Waals surface area contributed by atoms with Crippen LogP contribution in [-0.2, 0) is 0 Å². The van der Waals surface area contributed by atoms with Gasteiger partial charge in [-0.05, 0) is 30.3 Å². The molecule has 2 aromatic heterocycles. The highest BCUT2D eigenvalue weighted by atomic mass is 32.1. The van der Waals surface area contributed by atoms with Crippen LogP contribution in [0.3, 0.4) is 0 Å². The Bertz CT molecular complexity index is 922. The van der Waals surface area contributed by atoms with Crippen molar-refractivity contribution in [3.8, 4) is 0 Å². The molecule has 0 saturated carbocycles. The number of amides is 1. The van der Waals surface area contributed by atoms with Crippen LogP contribution < -0.4 is 5.32 Å². The molecular weight excluding hydrogens is 284 g/mol. The summed E-state index contributed by atoms with van der Waals surface area (Å²) in [5.74, 6) is 0.0374. The summed E-state index contributed by atoms with van der Waals surface area (Å²) in [4.78, 5) is 16.5. The summed E-state index contributed by atoms with van der Waals surface area (Å²) in [5, 5.41) is 3.75. The van der Waals surface area contributed by atoms with Gasteiger partial charge in [0.15, 0.2) is 5.76 Å². The van der Waals surface area contributed by atoms with Crippen LogP contribution in [0.5, 0.6) is 0 Å². The van der Waals surface area contributed by atoms with Crippen molar-refractivity contribution >= 4 is 44.1 Å². The lowest BCUT2D eigenvalue weighted by Crippen LogP contribution is -2.10. The van der Waals surface area contributed by atoms with Gasteiger partial charge in [0.2, 0.25) is 0 Å². The summed E-state index contributed by atoms with van der Waals surface area (Å²) in [6, 6.07) is 14.9. The van der Waals surface area contributed by atoms with Crippen molar-refractivity contribution < 1.29 is 9.21 Å². The Kier molecular flexibility index (Phi) is 2.72. The second kappa shape index (κ2) is 4.71. The smallest absolute Gasteiger partial charge is 0.291 e. The zero-order valence-electron chi connectivity index (χ0n) is 10.9. The molecule has 0 aliphatic heterocycles. The molecule has 0 spiro atoms. The highest BCUT2D eigenvalue weighted by molar-refractivity contribution is 7.16. The molecule has 102 valence electrons. The van der Waals surface area contributed by atoms with E-state index in [1.807, 2.05) is 42.5 Å². The van der Waals surface area contributed by atoms with Crippen LogP contribution in [0.1, 0.15) is 10.6 Å². The third kappa shape index (κ3) is 2.17. The third-order valence-corrected chi connectivity index (χ3v) is 4.05. The fraction of sp³-hybridized carbons (Fsp3) is 0. The fourth-order valence-corrected chi connectivity index (χ4v) is 2.88. The van der Waals surface area contributed by atoms with Gasteiger partial charge in [0.1, 0.15) is 5.58 Å². The first-order valence-electron chi connectivity index (χ1n) is 6.43. The molecule has 4 aromatic rings. The minimum Gasteiger partial charge on any atom is -0.451 e. The van der Waals surface area contributed by atoms with Gasteiger partial charge in [0.25, 0.3) is 5.91 Å². The number of aromatic nitrogens is 1. The topological polar surface area (TPSA) is 55.1 Å². The van der Waals surface area contributed by atoms with Gasteiger partial charge in [-0.3, -0.25) is 4.79 Å². The van der Waals surface area contributed by atoms with Gasteiger partial charge in [-0.2, -0.15) is 0 Å². The maximum absolute atomic E-state index is 12.2. The summed E-state index contributed by atoms with van der Waals surface area (Å²) in [7, 11) is 0. The minimum absolute atomic E-state index is 0.263. The van der Waals surface area contributed by atoms with Crippen molar-refractivity contribution in [2.24, 2.45) is 0 Å². The molecular formula is C16H10N2O2S. The van der Waals surface area contributed by atoms with Gasteiger partial charge >= 0.3 is 0 Å². The van der Waals surface area contributed by atoms with E-state index in [9.17, 15) is 4.79 Å². The second-order valence-electron chi connectivity index (χ2n) is 4.64. The molecule has 2 aromatic carbocycles. The van der Waals surface area contributed by atoms with Gasteiger partial charge in [-0.15, -0.1) is 11.3 Å². The molecule has 0 radical (unpaired) electrons. The Morgan fingerprint density at radius 1 is 1.14 bits per heavy atom. The Morgan fingerprint density at radius 2 is 2.05 bits per heavy atom. The molecule has 0 bridgehead atoms. The van der Waals surface area contributed by atoms with E-state index in [0.717, 1.165) is 15.6 Å². The Morgan fingerprint density at radius 3 is 2.95 bits per heavy atom. The standard InChI is InChI=1S/C16H10N2O2S/c19-16(14-7-10-3-1-2-4-13(10)20-14)18-11-5-6-15-12(8-11)17-9-21-15/h1-9H,(H,18,19). The Balaban J connectivity index is 1.64. The summed E-state index contributed by atoms with van der Waals surface area (Å²) in [6.45, 7) is 0. The molecule has 0 saturated heterocycles. The lowest BCUT2D eigenvalue weighted by molar-refractivity contribution is 0.0998. The number of rotatable bonds is 2. The molecule has 1 N–H and O–H groups in total. The van der Waals surface area contributed by atoms with Crippen LogP contribution in [0.2, 0.25) is 0 Å². The van der Waals surface area contributed by atoms with Crippen LogP contribution in [0.25, 0.3) is 21.2 Å². The zero-order chi connectivity index (χ0) is 14.2. The number of nitrogens with zero attached hydrogens (tertiary/aromatic N) is 1. The van der Waals surface area contributed by atoms with E-state index in [1.54, 1.807) is 22.9 Å². The minimum atomic E-state index is -0.263. The molecule has 0 aliphatic rings. The van der Waals surface area contributed by atoms with Crippen molar-refractivity contribution in [3.05, 3.63) is 59.8 Å². The highest BCUT2D eigenvalue weighted by Crippen LogP contribution is 2.23. The van der Waals surface area contributed by atoms with Gasteiger partial charge < -0.3 is 9.73 Å². The van der Waals surface area contributed by atoms with E-state index < -0.39 is 0 Å². The van der Waals surface area contributed by atoms with Gasteiger partial charge in [-0.1, -0.05) is 18.2 Å². The average molecular weight is 294 g/mol. The third-order valence-electron chi connectivity index (χ3n) is 3.24. The number of nitrogens with one attached hydrogen (secondary N) is 1. The maximum Gasteiger partial charge on any atom is 0.291 e. The fourth-order valence-electron chi connectivity index (χ4n) is 2.22. The summed E-state index contributed by atoms with van der Waals surface area (Å²) in [6.07, 6.45) is 0. The van der Waals surface area contributed by atoms with Crippen LogP contribution >= 0.6 is 11.3 Å².